The van der Waals surface area contributed by atoms with Gasteiger partial charge >= 0.3 is 0 Å². The maximum atomic E-state index is 5.00. The number of ether oxygens (including phenoxy) is 1. The van der Waals surface area contributed by atoms with Crippen molar-refractivity contribution in [2.24, 2.45) is 0 Å². The molecule has 18 heavy (non-hydrogen) atoms. The average Bonchev–Trinajstić information content (AvgIpc) is 2.42. The summed E-state index contributed by atoms with van der Waals surface area (Å²) in [4.78, 5) is 0. The summed E-state index contributed by atoms with van der Waals surface area (Å²) in [5, 5.41) is 6.92. The van der Waals surface area contributed by atoms with E-state index in [0.29, 0.717) is 12.0 Å². The van der Waals surface area contributed by atoms with Gasteiger partial charge in [0.1, 0.15) is 0 Å². The fourth-order valence-corrected chi connectivity index (χ4v) is 1.84. The van der Waals surface area contributed by atoms with E-state index in [1.54, 1.807) is 7.11 Å². The molecular formula is C15H26N2O. The van der Waals surface area contributed by atoms with Crippen LogP contribution in [0.4, 0.5) is 0 Å². The van der Waals surface area contributed by atoms with E-state index in [-0.39, 0.29) is 0 Å². The van der Waals surface area contributed by atoms with Gasteiger partial charge in [-0.05, 0) is 18.4 Å². The zero-order valence-corrected chi connectivity index (χ0v) is 11.8. The number of hydrogen-bond acceptors (Lipinski definition) is 3. The minimum atomic E-state index is 0.480. The van der Waals surface area contributed by atoms with Crippen LogP contribution in [0, 0.1) is 0 Å². The van der Waals surface area contributed by atoms with Gasteiger partial charge in [-0.1, -0.05) is 37.3 Å². The molecule has 1 aromatic rings. The van der Waals surface area contributed by atoms with Crippen molar-refractivity contribution in [3.8, 4) is 0 Å². The van der Waals surface area contributed by atoms with E-state index in [9.17, 15) is 0 Å². The summed E-state index contributed by atoms with van der Waals surface area (Å²) in [6, 6.07) is 11.1. The van der Waals surface area contributed by atoms with Crippen LogP contribution in [-0.4, -0.2) is 39.4 Å². The minimum absolute atomic E-state index is 0.480. The van der Waals surface area contributed by atoms with Gasteiger partial charge in [-0.2, -0.15) is 0 Å². The first kappa shape index (κ1) is 15.2. The van der Waals surface area contributed by atoms with Crippen LogP contribution in [0.1, 0.15) is 25.3 Å². The molecule has 2 unspecified atom stereocenters. The molecule has 1 aromatic carbocycles. The van der Waals surface area contributed by atoms with Crippen molar-refractivity contribution < 1.29 is 4.74 Å². The van der Waals surface area contributed by atoms with Crippen molar-refractivity contribution in [2.45, 2.75) is 25.8 Å². The Balaban J connectivity index is 2.16. The highest BCUT2D eigenvalue weighted by Crippen LogP contribution is 2.12. The molecule has 0 aliphatic heterocycles. The van der Waals surface area contributed by atoms with Gasteiger partial charge < -0.3 is 15.4 Å². The smallest absolute Gasteiger partial charge is 0.0587 e. The van der Waals surface area contributed by atoms with Crippen LogP contribution in [-0.2, 0) is 4.74 Å². The van der Waals surface area contributed by atoms with Crippen LogP contribution in [0.3, 0.4) is 0 Å². The van der Waals surface area contributed by atoms with Gasteiger partial charge in [-0.15, -0.1) is 0 Å². The molecule has 0 amide bonds. The third-order valence-corrected chi connectivity index (χ3v) is 3.07. The molecule has 0 bridgehead atoms. The average molecular weight is 250 g/mol. The summed E-state index contributed by atoms with van der Waals surface area (Å²) in [5.41, 5.74) is 1.39. The van der Waals surface area contributed by atoms with Gasteiger partial charge in [0.05, 0.1) is 6.61 Å². The molecule has 0 saturated carbocycles. The quantitative estimate of drug-likeness (QED) is 0.658. The van der Waals surface area contributed by atoms with E-state index in [4.69, 9.17) is 4.74 Å². The van der Waals surface area contributed by atoms with Gasteiger partial charge in [0.25, 0.3) is 0 Å². The molecular weight excluding hydrogens is 224 g/mol. The first-order valence-electron chi connectivity index (χ1n) is 6.72. The van der Waals surface area contributed by atoms with Gasteiger partial charge in [-0.25, -0.2) is 0 Å². The Morgan fingerprint density at radius 2 is 1.83 bits per heavy atom. The van der Waals surface area contributed by atoms with E-state index in [0.717, 1.165) is 26.2 Å². The standard InChI is InChI=1S/C15H26N2O/c1-13(15-7-5-4-6-8-15)11-17-14(2)12-16-9-10-18-3/h4-8,13-14,16-17H,9-12H2,1-3H3. The number of hydrogen-bond donors (Lipinski definition) is 2. The highest BCUT2D eigenvalue weighted by molar-refractivity contribution is 5.18. The van der Waals surface area contributed by atoms with Crippen LogP contribution in [0.25, 0.3) is 0 Å². The summed E-state index contributed by atoms with van der Waals surface area (Å²) < 4.78 is 5.00. The SMILES string of the molecule is COCCNCC(C)NCC(C)c1ccccc1. The van der Waals surface area contributed by atoms with Crippen LogP contribution in [0.2, 0.25) is 0 Å². The molecule has 0 aliphatic carbocycles. The fourth-order valence-electron chi connectivity index (χ4n) is 1.84. The van der Waals surface area contributed by atoms with Gasteiger partial charge in [0, 0.05) is 32.8 Å². The first-order valence-corrected chi connectivity index (χ1v) is 6.72. The Hall–Kier alpha value is -0.900. The van der Waals surface area contributed by atoms with E-state index < -0.39 is 0 Å². The van der Waals surface area contributed by atoms with E-state index in [1.807, 2.05) is 0 Å². The Labute approximate surface area is 111 Å². The Bertz CT molecular complexity index is 303. The van der Waals surface area contributed by atoms with Crippen LogP contribution in [0.5, 0.6) is 0 Å². The second-order valence-electron chi connectivity index (χ2n) is 4.82. The lowest BCUT2D eigenvalue weighted by molar-refractivity contribution is 0.198. The van der Waals surface area contributed by atoms with Crippen molar-refractivity contribution in [3.63, 3.8) is 0 Å². The third-order valence-electron chi connectivity index (χ3n) is 3.07. The van der Waals surface area contributed by atoms with Crippen LogP contribution < -0.4 is 10.6 Å². The summed E-state index contributed by atoms with van der Waals surface area (Å²) in [5.74, 6) is 0.549. The second kappa shape index (κ2) is 9.09. The molecule has 0 saturated heterocycles. The molecule has 0 aromatic heterocycles. The summed E-state index contributed by atoms with van der Waals surface area (Å²) >= 11 is 0. The van der Waals surface area contributed by atoms with Crippen LogP contribution in [0.15, 0.2) is 30.3 Å². The molecule has 0 fully saturated rings. The maximum absolute atomic E-state index is 5.00. The summed E-state index contributed by atoms with van der Waals surface area (Å²) in [7, 11) is 1.73. The monoisotopic (exact) mass is 250 g/mol. The Morgan fingerprint density at radius 3 is 2.50 bits per heavy atom. The molecule has 2 N–H and O–H groups in total. The van der Waals surface area contributed by atoms with Gasteiger partial charge in [-0.3, -0.25) is 0 Å². The van der Waals surface area contributed by atoms with Crippen molar-refractivity contribution in [1.82, 2.24) is 10.6 Å². The lowest BCUT2D eigenvalue weighted by Crippen LogP contribution is -2.39. The molecule has 0 aliphatic rings. The van der Waals surface area contributed by atoms with Crippen molar-refractivity contribution in [2.75, 3.05) is 33.4 Å². The predicted octanol–water partition coefficient (Wildman–Crippen LogP) is 2.00. The summed E-state index contributed by atoms with van der Waals surface area (Å²) in [6.45, 7) is 8.14. The lowest BCUT2D eigenvalue weighted by atomic mass is 10.0. The molecule has 2 atom stereocenters. The molecule has 3 nitrogen and oxygen atoms in total. The van der Waals surface area contributed by atoms with Crippen molar-refractivity contribution in [1.29, 1.82) is 0 Å². The molecule has 3 heteroatoms. The zero-order chi connectivity index (χ0) is 13.2. The van der Waals surface area contributed by atoms with Gasteiger partial charge in [0.15, 0.2) is 0 Å². The second-order valence-corrected chi connectivity index (χ2v) is 4.82. The minimum Gasteiger partial charge on any atom is -0.383 e. The normalized spacial score (nSPS) is 14.4. The Morgan fingerprint density at radius 1 is 1.11 bits per heavy atom. The van der Waals surface area contributed by atoms with Crippen LogP contribution >= 0.6 is 0 Å². The third kappa shape index (κ3) is 6.15. The fraction of sp³-hybridized carbons (Fsp3) is 0.600. The molecule has 0 heterocycles. The van der Waals surface area contributed by atoms with Gasteiger partial charge in [0.2, 0.25) is 0 Å². The van der Waals surface area contributed by atoms with Crippen molar-refractivity contribution in [3.05, 3.63) is 35.9 Å². The highest BCUT2D eigenvalue weighted by atomic mass is 16.5. The molecule has 102 valence electrons. The largest absolute Gasteiger partial charge is 0.383 e. The predicted molar refractivity (Wildman–Crippen MR) is 77.1 cm³/mol. The molecule has 1 rings (SSSR count). The maximum Gasteiger partial charge on any atom is 0.0587 e. The van der Waals surface area contributed by atoms with E-state index in [2.05, 4.69) is 54.8 Å². The Kier molecular flexibility index (Phi) is 7.65. The number of nitrogens with one attached hydrogen (secondary N) is 2. The highest BCUT2D eigenvalue weighted by Gasteiger charge is 2.06. The molecule has 0 spiro atoms. The topological polar surface area (TPSA) is 33.3 Å². The lowest BCUT2D eigenvalue weighted by Gasteiger charge is -2.18. The van der Waals surface area contributed by atoms with E-state index >= 15 is 0 Å². The zero-order valence-electron chi connectivity index (χ0n) is 11.8. The van der Waals surface area contributed by atoms with E-state index in [1.165, 1.54) is 5.56 Å². The van der Waals surface area contributed by atoms with Crippen molar-refractivity contribution >= 4 is 0 Å². The number of benzene rings is 1. The molecule has 0 radical (unpaired) electrons. The first-order chi connectivity index (χ1) is 8.74. The number of methoxy groups -OCH3 is 1. The summed E-state index contributed by atoms with van der Waals surface area (Å²) in [6.07, 6.45) is 0. The number of rotatable bonds is 9.